The SMILES string of the molecule is CC(C)C1CCc2cnccc2C1. The minimum Gasteiger partial charge on any atom is -0.264 e. The zero-order valence-electron chi connectivity index (χ0n) is 8.46. The van der Waals surface area contributed by atoms with Crippen LogP contribution in [0.3, 0.4) is 0 Å². The van der Waals surface area contributed by atoms with Crippen LogP contribution in [0, 0.1) is 11.8 Å². The summed E-state index contributed by atoms with van der Waals surface area (Å²) in [6, 6.07) is 2.18. The van der Waals surface area contributed by atoms with Gasteiger partial charge in [-0.1, -0.05) is 13.8 Å². The second-order valence-corrected chi connectivity index (χ2v) is 4.39. The lowest BCUT2D eigenvalue weighted by atomic mass is 9.79. The van der Waals surface area contributed by atoms with Crippen molar-refractivity contribution < 1.29 is 0 Å². The molecule has 13 heavy (non-hydrogen) atoms. The molecule has 0 saturated carbocycles. The highest BCUT2D eigenvalue weighted by Crippen LogP contribution is 2.29. The molecule has 1 nitrogen and oxygen atoms in total. The number of aryl methyl sites for hydroxylation is 1. The summed E-state index contributed by atoms with van der Waals surface area (Å²) in [5.41, 5.74) is 3.00. The molecule has 0 bridgehead atoms. The smallest absolute Gasteiger partial charge is 0.0302 e. The molecule has 0 radical (unpaired) electrons. The van der Waals surface area contributed by atoms with E-state index in [1.54, 1.807) is 0 Å². The number of pyridine rings is 1. The summed E-state index contributed by atoms with van der Waals surface area (Å²) in [6.45, 7) is 4.66. The summed E-state index contributed by atoms with van der Waals surface area (Å²) in [6.07, 6.45) is 7.78. The van der Waals surface area contributed by atoms with E-state index in [-0.39, 0.29) is 0 Å². The van der Waals surface area contributed by atoms with E-state index in [1.165, 1.54) is 30.4 Å². The Hall–Kier alpha value is -0.850. The van der Waals surface area contributed by atoms with Gasteiger partial charge in [-0.3, -0.25) is 4.98 Å². The van der Waals surface area contributed by atoms with Crippen molar-refractivity contribution >= 4 is 0 Å². The maximum Gasteiger partial charge on any atom is 0.0302 e. The van der Waals surface area contributed by atoms with E-state index in [1.807, 2.05) is 12.4 Å². The molecular weight excluding hydrogens is 158 g/mol. The Kier molecular flexibility index (Phi) is 2.34. The Balaban J connectivity index is 2.20. The van der Waals surface area contributed by atoms with Crippen LogP contribution in [0.4, 0.5) is 0 Å². The zero-order chi connectivity index (χ0) is 9.26. The molecule has 1 unspecified atom stereocenters. The van der Waals surface area contributed by atoms with Crippen LogP contribution in [-0.4, -0.2) is 4.98 Å². The topological polar surface area (TPSA) is 12.9 Å². The van der Waals surface area contributed by atoms with Crippen molar-refractivity contribution in [2.75, 3.05) is 0 Å². The molecule has 1 heterocycles. The highest BCUT2D eigenvalue weighted by atomic mass is 14.6. The Morgan fingerprint density at radius 3 is 3.00 bits per heavy atom. The Labute approximate surface area is 80.2 Å². The van der Waals surface area contributed by atoms with E-state index in [0.717, 1.165) is 11.8 Å². The van der Waals surface area contributed by atoms with Gasteiger partial charge in [-0.05, 0) is 48.3 Å². The normalized spacial score (nSPS) is 21.6. The number of aromatic nitrogens is 1. The number of hydrogen-bond donors (Lipinski definition) is 0. The van der Waals surface area contributed by atoms with Gasteiger partial charge < -0.3 is 0 Å². The van der Waals surface area contributed by atoms with E-state index in [0.29, 0.717) is 0 Å². The third kappa shape index (κ3) is 1.74. The number of fused-ring (bicyclic) bond motifs is 1. The summed E-state index contributed by atoms with van der Waals surface area (Å²) in [5, 5.41) is 0. The molecule has 1 aromatic rings. The maximum absolute atomic E-state index is 4.17. The Morgan fingerprint density at radius 1 is 1.38 bits per heavy atom. The van der Waals surface area contributed by atoms with Gasteiger partial charge in [-0.15, -0.1) is 0 Å². The molecule has 1 heteroatoms. The average molecular weight is 175 g/mol. The number of nitrogens with zero attached hydrogens (tertiary/aromatic N) is 1. The van der Waals surface area contributed by atoms with Gasteiger partial charge in [-0.25, -0.2) is 0 Å². The molecule has 0 amide bonds. The summed E-state index contributed by atoms with van der Waals surface area (Å²) >= 11 is 0. The first-order valence-electron chi connectivity index (χ1n) is 5.19. The quantitative estimate of drug-likeness (QED) is 0.639. The van der Waals surface area contributed by atoms with Crippen molar-refractivity contribution in [1.29, 1.82) is 0 Å². The fraction of sp³-hybridized carbons (Fsp3) is 0.583. The molecule has 0 N–H and O–H groups in total. The van der Waals surface area contributed by atoms with Crippen LogP contribution in [0.25, 0.3) is 0 Å². The first kappa shape index (κ1) is 8.74. The summed E-state index contributed by atoms with van der Waals surface area (Å²) < 4.78 is 0. The predicted octanol–water partition coefficient (Wildman–Crippen LogP) is 2.84. The van der Waals surface area contributed by atoms with Gasteiger partial charge in [0, 0.05) is 12.4 Å². The van der Waals surface area contributed by atoms with Crippen LogP contribution in [0.5, 0.6) is 0 Å². The molecule has 0 fully saturated rings. The van der Waals surface area contributed by atoms with Gasteiger partial charge in [-0.2, -0.15) is 0 Å². The van der Waals surface area contributed by atoms with Crippen LogP contribution in [-0.2, 0) is 12.8 Å². The summed E-state index contributed by atoms with van der Waals surface area (Å²) in [4.78, 5) is 4.17. The van der Waals surface area contributed by atoms with Crippen molar-refractivity contribution in [3.63, 3.8) is 0 Å². The Morgan fingerprint density at radius 2 is 2.23 bits per heavy atom. The number of hydrogen-bond acceptors (Lipinski definition) is 1. The lowest BCUT2D eigenvalue weighted by Gasteiger charge is -2.26. The molecule has 0 spiro atoms. The second kappa shape index (κ2) is 3.49. The van der Waals surface area contributed by atoms with Gasteiger partial charge >= 0.3 is 0 Å². The van der Waals surface area contributed by atoms with Crippen LogP contribution in [0.1, 0.15) is 31.4 Å². The van der Waals surface area contributed by atoms with Gasteiger partial charge in [0.25, 0.3) is 0 Å². The fourth-order valence-electron chi connectivity index (χ4n) is 2.17. The van der Waals surface area contributed by atoms with Gasteiger partial charge in [0.05, 0.1) is 0 Å². The van der Waals surface area contributed by atoms with Gasteiger partial charge in [0.15, 0.2) is 0 Å². The minimum atomic E-state index is 0.821. The molecule has 1 aliphatic carbocycles. The van der Waals surface area contributed by atoms with Crippen molar-refractivity contribution in [3.8, 4) is 0 Å². The lowest BCUT2D eigenvalue weighted by Crippen LogP contribution is -2.19. The van der Waals surface area contributed by atoms with Crippen LogP contribution >= 0.6 is 0 Å². The Bertz CT molecular complexity index is 291. The van der Waals surface area contributed by atoms with Crippen molar-refractivity contribution in [2.24, 2.45) is 11.8 Å². The average Bonchev–Trinajstić information content (AvgIpc) is 2.17. The van der Waals surface area contributed by atoms with Crippen molar-refractivity contribution in [2.45, 2.75) is 33.1 Å². The molecule has 1 atom stereocenters. The zero-order valence-corrected chi connectivity index (χ0v) is 8.46. The predicted molar refractivity (Wildman–Crippen MR) is 54.6 cm³/mol. The third-order valence-electron chi connectivity index (χ3n) is 3.21. The molecule has 1 aromatic heterocycles. The molecule has 0 aliphatic heterocycles. The molecule has 70 valence electrons. The largest absolute Gasteiger partial charge is 0.264 e. The highest BCUT2D eigenvalue weighted by Gasteiger charge is 2.20. The molecule has 0 saturated heterocycles. The van der Waals surface area contributed by atoms with Crippen LogP contribution in [0.2, 0.25) is 0 Å². The summed E-state index contributed by atoms with van der Waals surface area (Å²) in [7, 11) is 0. The standard InChI is InChI=1S/C12H17N/c1-9(2)10-3-4-12-8-13-6-5-11(12)7-10/h5-6,8-10H,3-4,7H2,1-2H3. The summed E-state index contributed by atoms with van der Waals surface area (Å²) in [5.74, 6) is 1.70. The van der Waals surface area contributed by atoms with E-state index >= 15 is 0 Å². The lowest BCUT2D eigenvalue weighted by molar-refractivity contribution is 0.342. The van der Waals surface area contributed by atoms with Crippen LogP contribution in [0.15, 0.2) is 18.5 Å². The van der Waals surface area contributed by atoms with E-state index in [4.69, 9.17) is 0 Å². The van der Waals surface area contributed by atoms with Gasteiger partial charge in [0.2, 0.25) is 0 Å². The first-order valence-corrected chi connectivity index (χ1v) is 5.19. The molecular formula is C12H17N. The first-order chi connectivity index (χ1) is 6.27. The molecule has 1 aliphatic rings. The third-order valence-corrected chi connectivity index (χ3v) is 3.21. The minimum absolute atomic E-state index is 0.821. The number of rotatable bonds is 1. The van der Waals surface area contributed by atoms with Crippen molar-refractivity contribution in [1.82, 2.24) is 4.98 Å². The van der Waals surface area contributed by atoms with E-state index in [2.05, 4.69) is 24.9 Å². The van der Waals surface area contributed by atoms with Crippen LogP contribution < -0.4 is 0 Å². The maximum atomic E-state index is 4.17. The van der Waals surface area contributed by atoms with Gasteiger partial charge in [0.1, 0.15) is 0 Å². The van der Waals surface area contributed by atoms with E-state index in [9.17, 15) is 0 Å². The van der Waals surface area contributed by atoms with Crippen molar-refractivity contribution in [3.05, 3.63) is 29.6 Å². The monoisotopic (exact) mass is 175 g/mol. The van der Waals surface area contributed by atoms with E-state index < -0.39 is 0 Å². The molecule has 0 aromatic carbocycles. The fourth-order valence-corrected chi connectivity index (χ4v) is 2.17. The highest BCUT2D eigenvalue weighted by molar-refractivity contribution is 5.26. The molecule has 2 rings (SSSR count). The second-order valence-electron chi connectivity index (χ2n) is 4.39.